The van der Waals surface area contributed by atoms with E-state index in [1.165, 1.54) is 22.3 Å². The van der Waals surface area contributed by atoms with E-state index in [9.17, 15) is 0 Å². The highest BCUT2D eigenvalue weighted by atomic mass is 16.3. The van der Waals surface area contributed by atoms with Crippen molar-refractivity contribution in [3.63, 3.8) is 0 Å². The Kier molecular flexibility index (Phi) is 5.68. The van der Waals surface area contributed by atoms with Crippen LogP contribution in [0.15, 0.2) is 131 Å². The molecule has 5 heteroatoms. The molecule has 5 aromatic carbocycles. The van der Waals surface area contributed by atoms with Gasteiger partial charge in [0.15, 0.2) is 0 Å². The maximum absolute atomic E-state index is 6.38. The highest BCUT2D eigenvalue weighted by molar-refractivity contribution is 6.18. The molecule has 2 unspecified atom stereocenters. The summed E-state index contributed by atoms with van der Waals surface area (Å²) in [6, 6.07) is 40.3. The molecule has 0 aliphatic carbocycles. The molecular formula is C36H28N4O. The topological polar surface area (TPSA) is 61.6 Å². The van der Waals surface area contributed by atoms with Crippen molar-refractivity contribution < 1.29 is 4.42 Å². The van der Waals surface area contributed by atoms with E-state index in [0.29, 0.717) is 0 Å². The molecule has 1 aromatic heterocycles. The van der Waals surface area contributed by atoms with Crippen molar-refractivity contribution in [1.29, 1.82) is 0 Å². The Balaban J connectivity index is 1.24. The number of furan rings is 1. The van der Waals surface area contributed by atoms with Gasteiger partial charge in [-0.15, -0.1) is 0 Å². The van der Waals surface area contributed by atoms with Crippen molar-refractivity contribution in [1.82, 2.24) is 16.0 Å². The van der Waals surface area contributed by atoms with Crippen LogP contribution in [0.4, 0.5) is 0 Å². The normalized spacial score (nSPS) is 18.0. The van der Waals surface area contributed by atoms with Gasteiger partial charge in [0.25, 0.3) is 0 Å². The third-order valence-corrected chi connectivity index (χ3v) is 8.02. The Bertz CT molecular complexity index is 1940. The van der Waals surface area contributed by atoms with Crippen LogP contribution in [0.1, 0.15) is 40.1 Å². The molecule has 3 N–H and O–H groups in total. The molecule has 0 bridgehead atoms. The van der Waals surface area contributed by atoms with Crippen molar-refractivity contribution in [2.45, 2.75) is 18.9 Å². The zero-order valence-electron chi connectivity index (χ0n) is 22.3. The van der Waals surface area contributed by atoms with E-state index in [1.807, 2.05) is 24.4 Å². The fourth-order valence-corrected chi connectivity index (χ4v) is 5.93. The molecule has 5 nitrogen and oxygen atoms in total. The summed E-state index contributed by atoms with van der Waals surface area (Å²) < 4.78 is 6.38. The van der Waals surface area contributed by atoms with Crippen LogP contribution in [0.5, 0.6) is 0 Å². The smallest absolute Gasteiger partial charge is 0.136 e. The number of nitrogens with zero attached hydrogens (tertiary/aromatic N) is 1. The van der Waals surface area contributed by atoms with E-state index in [-0.39, 0.29) is 12.3 Å². The average Bonchev–Trinajstić information content (AvgIpc) is 3.42. The van der Waals surface area contributed by atoms with Crippen LogP contribution < -0.4 is 16.0 Å². The molecule has 2 atom stereocenters. The zero-order chi connectivity index (χ0) is 27.2. The summed E-state index contributed by atoms with van der Waals surface area (Å²) in [6.07, 6.45) is 3.75. The van der Waals surface area contributed by atoms with Crippen LogP contribution >= 0.6 is 0 Å². The SMILES string of the molecule is C1=Cc2cc3oc4cccc(C5=NC(c6ccccc6)NC(c6ccc(-c7ccccc7)cc6)N5)c4c3cc2CN1. The summed E-state index contributed by atoms with van der Waals surface area (Å²) >= 11 is 0. The van der Waals surface area contributed by atoms with E-state index in [1.54, 1.807) is 0 Å². The van der Waals surface area contributed by atoms with Gasteiger partial charge in [0.1, 0.15) is 29.3 Å². The molecule has 0 fully saturated rings. The maximum Gasteiger partial charge on any atom is 0.136 e. The van der Waals surface area contributed by atoms with Gasteiger partial charge in [-0.2, -0.15) is 0 Å². The molecule has 0 saturated heterocycles. The minimum atomic E-state index is -0.207. The standard InChI is InChI=1S/C36H28N4O/c1-3-8-23(9-4-1)24-14-16-26(17-15-24)35-38-34(25-10-5-2-6-11-25)39-36(40-35)29-12-7-13-31-33(29)30-20-28-22-37-19-18-27(28)21-32(30)41-31/h1-21,34-35,37-38H,22H2,(H,39,40). The lowest BCUT2D eigenvalue weighted by Gasteiger charge is -2.32. The molecular weight excluding hydrogens is 504 g/mol. The number of nitrogens with one attached hydrogen (secondary N) is 3. The monoisotopic (exact) mass is 532 g/mol. The van der Waals surface area contributed by atoms with Crippen molar-refractivity contribution in [3.8, 4) is 11.1 Å². The predicted octanol–water partition coefficient (Wildman–Crippen LogP) is 7.66. The largest absolute Gasteiger partial charge is 0.456 e. The maximum atomic E-state index is 6.38. The minimum Gasteiger partial charge on any atom is -0.456 e. The molecule has 198 valence electrons. The van der Waals surface area contributed by atoms with Crippen molar-refractivity contribution in [3.05, 3.63) is 149 Å². The van der Waals surface area contributed by atoms with Crippen LogP contribution in [0.3, 0.4) is 0 Å². The van der Waals surface area contributed by atoms with Gasteiger partial charge in [-0.25, -0.2) is 4.99 Å². The molecule has 0 saturated carbocycles. The van der Waals surface area contributed by atoms with Gasteiger partial charge in [-0.3, -0.25) is 5.32 Å². The lowest BCUT2D eigenvalue weighted by Crippen LogP contribution is -2.45. The fourth-order valence-electron chi connectivity index (χ4n) is 5.93. The van der Waals surface area contributed by atoms with Crippen molar-refractivity contribution >= 4 is 33.9 Å². The second-order valence-electron chi connectivity index (χ2n) is 10.6. The zero-order valence-corrected chi connectivity index (χ0v) is 22.3. The van der Waals surface area contributed by atoms with Crippen LogP contribution in [0, 0.1) is 0 Å². The van der Waals surface area contributed by atoms with Gasteiger partial charge in [-0.05, 0) is 63.9 Å². The molecule has 0 radical (unpaired) electrons. The summed E-state index contributed by atoms with van der Waals surface area (Å²) in [4.78, 5) is 5.22. The van der Waals surface area contributed by atoms with E-state index in [2.05, 4.69) is 119 Å². The molecule has 41 heavy (non-hydrogen) atoms. The van der Waals surface area contributed by atoms with Gasteiger partial charge >= 0.3 is 0 Å². The Morgan fingerprint density at radius 3 is 2.32 bits per heavy atom. The number of aliphatic imine (C=N–C) groups is 1. The summed E-state index contributed by atoms with van der Waals surface area (Å²) in [5, 5.41) is 13.0. The Morgan fingerprint density at radius 1 is 0.707 bits per heavy atom. The highest BCUT2D eigenvalue weighted by Gasteiger charge is 2.27. The van der Waals surface area contributed by atoms with Gasteiger partial charge in [-0.1, -0.05) is 97.1 Å². The molecule has 0 spiro atoms. The Hall–Kier alpha value is -5.13. The average molecular weight is 533 g/mol. The number of fused-ring (bicyclic) bond motifs is 4. The lowest BCUT2D eigenvalue weighted by atomic mass is 9.98. The van der Waals surface area contributed by atoms with Gasteiger partial charge in [0, 0.05) is 22.9 Å². The predicted molar refractivity (Wildman–Crippen MR) is 166 cm³/mol. The molecule has 6 aromatic rings. The number of rotatable bonds is 4. The van der Waals surface area contributed by atoms with E-state index in [4.69, 9.17) is 9.41 Å². The number of hydrogen-bond donors (Lipinski definition) is 3. The Labute approximate surface area is 238 Å². The number of benzene rings is 5. The fraction of sp³-hybridized carbons (Fsp3) is 0.0833. The number of hydrogen-bond acceptors (Lipinski definition) is 5. The molecule has 8 rings (SSSR count). The molecule has 2 aliphatic heterocycles. The summed E-state index contributed by atoms with van der Waals surface area (Å²) in [5.74, 6) is 0.846. The molecule has 3 heterocycles. The third-order valence-electron chi connectivity index (χ3n) is 8.02. The van der Waals surface area contributed by atoms with Gasteiger partial charge in [0.2, 0.25) is 0 Å². The first kappa shape index (κ1) is 23.7. The second-order valence-corrected chi connectivity index (χ2v) is 10.6. The number of amidine groups is 1. The van der Waals surface area contributed by atoms with Crippen LogP contribution in [-0.2, 0) is 6.54 Å². The highest BCUT2D eigenvalue weighted by Crippen LogP contribution is 2.36. The van der Waals surface area contributed by atoms with E-state index >= 15 is 0 Å². The first-order valence-corrected chi connectivity index (χ1v) is 14.0. The minimum absolute atomic E-state index is 0.131. The van der Waals surface area contributed by atoms with E-state index in [0.717, 1.165) is 51.0 Å². The Morgan fingerprint density at radius 2 is 1.49 bits per heavy atom. The van der Waals surface area contributed by atoms with Crippen molar-refractivity contribution in [2.24, 2.45) is 4.99 Å². The first-order valence-electron chi connectivity index (χ1n) is 14.0. The van der Waals surface area contributed by atoms with Crippen LogP contribution in [0.25, 0.3) is 39.1 Å². The third kappa shape index (κ3) is 4.28. The summed E-state index contributed by atoms with van der Waals surface area (Å²) in [5.41, 5.74) is 9.91. The molecule has 2 aliphatic rings. The van der Waals surface area contributed by atoms with Crippen LogP contribution in [-0.4, -0.2) is 5.84 Å². The van der Waals surface area contributed by atoms with E-state index < -0.39 is 0 Å². The first-order chi connectivity index (χ1) is 20.3. The molecule has 0 amide bonds. The summed E-state index contributed by atoms with van der Waals surface area (Å²) in [7, 11) is 0. The quantitative estimate of drug-likeness (QED) is 0.218. The van der Waals surface area contributed by atoms with Gasteiger partial charge < -0.3 is 15.1 Å². The second kappa shape index (κ2) is 9.81. The van der Waals surface area contributed by atoms with Crippen molar-refractivity contribution in [2.75, 3.05) is 0 Å². The van der Waals surface area contributed by atoms with Gasteiger partial charge in [0.05, 0.1) is 0 Å². The summed E-state index contributed by atoms with van der Waals surface area (Å²) in [6.45, 7) is 0.802. The lowest BCUT2D eigenvalue weighted by molar-refractivity contribution is 0.409. The van der Waals surface area contributed by atoms with Crippen LogP contribution in [0.2, 0.25) is 0 Å².